The van der Waals surface area contributed by atoms with Crippen molar-refractivity contribution in [2.75, 3.05) is 0 Å². The fourth-order valence-electron chi connectivity index (χ4n) is 2.06. The number of carbonyl (C=O) groups is 2. The number of ketones is 2. The molecule has 2 nitrogen and oxygen atoms in total. The monoisotopic (exact) mass is 208 g/mol. The van der Waals surface area contributed by atoms with E-state index < -0.39 is 5.41 Å². The summed E-state index contributed by atoms with van der Waals surface area (Å²) < 4.78 is 0. The van der Waals surface area contributed by atoms with Crippen molar-refractivity contribution in [3.63, 3.8) is 0 Å². The molecule has 1 fully saturated rings. The lowest BCUT2D eigenvalue weighted by Gasteiger charge is -2.30. The van der Waals surface area contributed by atoms with Crippen LogP contribution in [0.2, 0.25) is 0 Å². The quantitative estimate of drug-likeness (QED) is 0.527. The van der Waals surface area contributed by atoms with E-state index in [1.807, 2.05) is 6.08 Å². The molecule has 2 heteroatoms. The second-order valence-electron chi connectivity index (χ2n) is 4.59. The van der Waals surface area contributed by atoms with Gasteiger partial charge in [0.1, 0.15) is 5.78 Å². The summed E-state index contributed by atoms with van der Waals surface area (Å²) in [5.74, 6) is 0.0734. The van der Waals surface area contributed by atoms with E-state index in [9.17, 15) is 9.59 Å². The molecule has 1 aliphatic rings. The van der Waals surface area contributed by atoms with Crippen molar-refractivity contribution in [3.05, 3.63) is 11.6 Å². The Hall–Kier alpha value is -0.920. The Morgan fingerprint density at radius 2 is 2.20 bits per heavy atom. The van der Waals surface area contributed by atoms with Gasteiger partial charge < -0.3 is 0 Å². The summed E-state index contributed by atoms with van der Waals surface area (Å²) >= 11 is 0. The van der Waals surface area contributed by atoms with E-state index in [1.54, 1.807) is 6.92 Å². The van der Waals surface area contributed by atoms with Crippen molar-refractivity contribution in [1.29, 1.82) is 0 Å². The molecule has 0 unspecified atom stereocenters. The molecule has 0 bridgehead atoms. The summed E-state index contributed by atoms with van der Waals surface area (Å²) in [4.78, 5) is 23.6. The lowest BCUT2D eigenvalue weighted by Crippen LogP contribution is -2.38. The Balaban J connectivity index is 2.89. The molecule has 0 saturated heterocycles. The molecule has 0 amide bonds. The second kappa shape index (κ2) is 4.73. The zero-order valence-electron chi connectivity index (χ0n) is 9.93. The molecular formula is C13H20O2. The highest BCUT2D eigenvalue weighted by Gasteiger charge is 2.41. The van der Waals surface area contributed by atoms with Gasteiger partial charge in [0.15, 0.2) is 5.78 Å². The average molecular weight is 208 g/mol. The molecule has 0 aromatic carbocycles. The maximum Gasteiger partial charge on any atom is 0.171 e. The van der Waals surface area contributed by atoms with Gasteiger partial charge in [0, 0.05) is 0 Å². The van der Waals surface area contributed by atoms with Crippen LogP contribution < -0.4 is 0 Å². The first kappa shape index (κ1) is 12.2. The number of hydrogen-bond acceptors (Lipinski definition) is 2. The van der Waals surface area contributed by atoms with Crippen LogP contribution in [0.4, 0.5) is 0 Å². The van der Waals surface area contributed by atoms with Gasteiger partial charge in [0.2, 0.25) is 0 Å². The Kier molecular flexibility index (Phi) is 3.83. The van der Waals surface area contributed by atoms with Crippen LogP contribution in [-0.2, 0) is 9.59 Å². The van der Waals surface area contributed by atoms with Gasteiger partial charge in [-0.2, -0.15) is 0 Å². The van der Waals surface area contributed by atoms with Gasteiger partial charge in [-0.15, -0.1) is 0 Å². The zero-order valence-corrected chi connectivity index (χ0v) is 9.93. The largest absolute Gasteiger partial charge is 0.299 e. The molecule has 1 rings (SSSR count). The van der Waals surface area contributed by atoms with E-state index in [4.69, 9.17) is 0 Å². The van der Waals surface area contributed by atoms with Crippen molar-refractivity contribution in [1.82, 2.24) is 0 Å². The van der Waals surface area contributed by atoms with Crippen molar-refractivity contribution in [3.8, 4) is 0 Å². The molecule has 84 valence electrons. The third-order valence-corrected chi connectivity index (χ3v) is 3.37. The highest BCUT2D eigenvalue weighted by molar-refractivity contribution is 6.13. The molecule has 0 N–H and O–H groups in total. The summed E-state index contributed by atoms with van der Waals surface area (Å²) in [5, 5.41) is 0. The SMILES string of the molecule is CCC/C=C1/CCC[C@@](C)(C(C)=O)C1=O. The highest BCUT2D eigenvalue weighted by Crippen LogP contribution is 2.36. The summed E-state index contributed by atoms with van der Waals surface area (Å²) in [6.45, 7) is 5.41. The van der Waals surface area contributed by atoms with Gasteiger partial charge in [-0.3, -0.25) is 9.59 Å². The molecule has 0 aliphatic heterocycles. The minimum Gasteiger partial charge on any atom is -0.299 e. The molecule has 1 aliphatic carbocycles. The van der Waals surface area contributed by atoms with Gasteiger partial charge in [-0.25, -0.2) is 0 Å². The van der Waals surface area contributed by atoms with Crippen molar-refractivity contribution in [2.45, 2.75) is 52.9 Å². The molecule has 0 heterocycles. The first-order chi connectivity index (χ1) is 7.02. The van der Waals surface area contributed by atoms with E-state index in [0.717, 1.165) is 31.3 Å². The Bertz CT molecular complexity index is 302. The lowest BCUT2D eigenvalue weighted by molar-refractivity contribution is -0.137. The fraction of sp³-hybridized carbons (Fsp3) is 0.692. The summed E-state index contributed by atoms with van der Waals surface area (Å²) in [6.07, 6.45) is 6.52. The van der Waals surface area contributed by atoms with Crippen LogP contribution in [0.3, 0.4) is 0 Å². The fourth-order valence-corrected chi connectivity index (χ4v) is 2.06. The maximum atomic E-state index is 12.1. The van der Waals surface area contributed by atoms with Gasteiger partial charge in [0.05, 0.1) is 5.41 Å². The molecule has 0 radical (unpaired) electrons. The van der Waals surface area contributed by atoms with Crippen LogP contribution in [-0.4, -0.2) is 11.6 Å². The Labute approximate surface area is 91.7 Å². The number of carbonyl (C=O) groups excluding carboxylic acids is 2. The first-order valence-corrected chi connectivity index (χ1v) is 5.77. The minimum absolute atomic E-state index is 0.00889. The minimum atomic E-state index is -0.738. The maximum absolute atomic E-state index is 12.1. The highest BCUT2D eigenvalue weighted by atomic mass is 16.2. The second-order valence-corrected chi connectivity index (χ2v) is 4.59. The van der Waals surface area contributed by atoms with Crippen molar-refractivity contribution < 1.29 is 9.59 Å². The van der Waals surface area contributed by atoms with Gasteiger partial charge >= 0.3 is 0 Å². The van der Waals surface area contributed by atoms with Crippen LogP contribution >= 0.6 is 0 Å². The predicted molar refractivity (Wildman–Crippen MR) is 60.6 cm³/mol. The normalized spacial score (nSPS) is 29.5. The van der Waals surface area contributed by atoms with Crippen LogP contribution in [0.5, 0.6) is 0 Å². The number of allylic oxidation sites excluding steroid dienone is 2. The van der Waals surface area contributed by atoms with E-state index in [2.05, 4.69) is 6.92 Å². The van der Waals surface area contributed by atoms with Crippen LogP contribution in [0.1, 0.15) is 52.9 Å². The Morgan fingerprint density at radius 3 is 2.73 bits per heavy atom. The predicted octanol–water partition coefficient (Wildman–Crippen LogP) is 3.06. The smallest absolute Gasteiger partial charge is 0.171 e. The summed E-state index contributed by atoms with van der Waals surface area (Å²) in [7, 11) is 0. The molecule has 0 aromatic heterocycles. The van der Waals surface area contributed by atoms with E-state index in [-0.39, 0.29) is 11.6 Å². The molecular weight excluding hydrogens is 188 g/mol. The first-order valence-electron chi connectivity index (χ1n) is 5.77. The lowest BCUT2D eigenvalue weighted by atomic mass is 9.70. The third-order valence-electron chi connectivity index (χ3n) is 3.37. The molecule has 0 spiro atoms. The standard InChI is InChI=1S/C13H20O2/c1-4-5-7-11-8-6-9-13(3,10(2)14)12(11)15/h7H,4-6,8-9H2,1-3H3/b11-7-/t13-/m0/s1. The van der Waals surface area contributed by atoms with Crippen LogP contribution in [0, 0.1) is 5.41 Å². The molecule has 0 aromatic rings. The van der Waals surface area contributed by atoms with Gasteiger partial charge in [0.25, 0.3) is 0 Å². The van der Waals surface area contributed by atoms with Crippen LogP contribution in [0.15, 0.2) is 11.6 Å². The number of hydrogen-bond donors (Lipinski definition) is 0. The van der Waals surface area contributed by atoms with E-state index in [1.165, 1.54) is 6.92 Å². The average Bonchev–Trinajstić information content (AvgIpc) is 2.20. The third kappa shape index (κ3) is 2.36. The number of unbranched alkanes of at least 4 members (excludes halogenated alkanes) is 1. The van der Waals surface area contributed by atoms with Crippen molar-refractivity contribution in [2.24, 2.45) is 5.41 Å². The Morgan fingerprint density at radius 1 is 1.53 bits per heavy atom. The molecule has 1 saturated carbocycles. The van der Waals surface area contributed by atoms with E-state index in [0.29, 0.717) is 6.42 Å². The van der Waals surface area contributed by atoms with Gasteiger partial charge in [-0.05, 0) is 45.1 Å². The zero-order chi connectivity index (χ0) is 11.5. The number of rotatable bonds is 3. The number of Topliss-reactive ketones (excluding diaryl/α,β-unsaturated/α-hetero) is 2. The van der Waals surface area contributed by atoms with E-state index >= 15 is 0 Å². The molecule has 1 atom stereocenters. The topological polar surface area (TPSA) is 34.1 Å². The molecule has 15 heavy (non-hydrogen) atoms. The van der Waals surface area contributed by atoms with Gasteiger partial charge in [-0.1, -0.05) is 19.4 Å². The van der Waals surface area contributed by atoms with Crippen LogP contribution in [0.25, 0.3) is 0 Å². The summed E-state index contributed by atoms with van der Waals surface area (Å²) in [6, 6.07) is 0. The summed E-state index contributed by atoms with van der Waals surface area (Å²) in [5.41, 5.74) is 0.137. The van der Waals surface area contributed by atoms with Crippen molar-refractivity contribution >= 4 is 11.6 Å².